The Balaban J connectivity index is 1.33. The van der Waals surface area contributed by atoms with Gasteiger partial charge < -0.3 is 14.5 Å². The predicted octanol–water partition coefficient (Wildman–Crippen LogP) is 3.70. The van der Waals surface area contributed by atoms with Crippen LogP contribution in [0.2, 0.25) is 0 Å². The summed E-state index contributed by atoms with van der Waals surface area (Å²) >= 11 is 0. The standard InChI is InChI=1S/C24H34FN3O2/c1-24(2,19-30-26-16-20-6-10-23(29-3)11-7-20)18-28-14-12-27(13-15-28)17-21-4-8-22(25)9-5-21/h4-11,26H,12-19H2,1-3H3. The molecule has 1 aliphatic rings. The fourth-order valence-corrected chi connectivity index (χ4v) is 3.73. The summed E-state index contributed by atoms with van der Waals surface area (Å²) in [6.07, 6.45) is 0. The number of nitrogens with one attached hydrogen (secondary N) is 1. The summed E-state index contributed by atoms with van der Waals surface area (Å²) in [7, 11) is 1.67. The largest absolute Gasteiger partial charge is 0.497 e. The van der Waals surface area contributed by atoms with Crippen LogP contribution < -0.4 is 10.2 Å². The molecule has 0 radical (unpaired) electrons. The molecule has 3 rings (SSSR count). The Kier molecular flexibility index (Phi) is 8.22. The third-order valence-corrected chi connectivity index (χ3v) is 5.44. The summed E-state index contributed by atoms with van der Waals surface area (Å²) in [6, 6.07) is 14.8. The van der Waals surface area contributed by atoms with Crippen molar-refractivity contribution in [3.63, 3.8) is 0 Å². The SMILES string of the molecule is COc1ccc(CNOCC(C)(C)CN2CCN(Cc3ccc(F)cc3)CC2)cc1. The van der Waals surface area contributed by atoms with Gasteiger partial charge >= 0.3 is 0 Å². The number of halogens is 1. The Hall–Kier alpha value is -1.99. The summed E-state index contributed by atoms with van der Waals surface area (Å²) < 4.78 is 18.2. The molecule has 0 aliphatic carbocycles. The number of hydroxylamine groups is 1. The molecule has 1 saturated heterocycles. The van der Waals surface area contributed by atoms with Crippen LogP contribution in [0.3, 0.4) is 0 Å². The third kappa shape index (κ3) is 7.36. The van der Waals surface area contributed by atoms with Gasteiger partial charge in [-0.2, -0.15) is 5.48 Å². The van der Waals surface area contributed by atoms with Crippen LogP contribution in [0.5, 0.6) is 5.75 Å². The number of piperazine rings is 1. The third-order valence-electron chi connectivity index (χ3n) is 5.44. The Morgan fingerprint density at radius 1 is 0.900 bits per heavy atom. The first-order valence-corrected chi connectivity index (χ1v) is 10.6. The maximum Gasteiger partial charge on any atom is 0.123 e. The van der Waals surface area contributed by atoms with Gasteiger partial charge in [0.1, 0.15) is 11.6 Å². The molecule has 6 heteroatoms. The van der Waals surface area contributed by atoms with Gasteiger partial charge in [-0.15, -0.1) is 0 Å². The zero-order valence-electron chi connectivity index (χ0n) is 18.4. The van der Waals surface area contributed by atoms with Crippen LogP contribution in [0, 0.1) is 11.2 Å². The summed E-state index contributed by atoms with van der Waals surface area (Å²) in [5.41, 5.74) is 5.46. The second kappa shape index (κ2) is 10.9. The molecule has 5 nitrogen and oxygen atoms in total. The van der Waals surface area contributed by atoms with Gasteiger partial charge in [0, 0.05) is 51.2 Å². The number of nitrogens with zero attached hydrogens (tertiary/aromatic N) is 2. The Morgan fingerprint density at radius 3 is 2.13 bits per heavy atom. The zero-order chi connectivity index (χ0) is 21.4. The molecule has 0 atom stereocenters. The van der Waals surface area contributed by atoms with Gasteiger partial charge in [0.05, 0.1) is 13.7 Å². The molecule has 0 spiro atoms. The van der Waals surface area contributed by atoms with E-state index in [4.69, 9.17) is 9.57 Å². The van der Waals surface area contributed by atoms with E-state index in [2.05, 4.69) is 29.1 Å². The number of hydrogen-bond donors (Lipinski definition) is 1. The van der Waals surface area contributed by atoms with Gasteiger partial charge in [0.15, 0.2) is 0 Å². The minimum Gasteiger partial charge on any atom is -0.497 e. The highest BCUT2D eigenvalue weighted by Gasteiger charge is 2.25. The second-order valence-corrected chi connectivity index (χ2v) is 8.80. The molecule has 1 heterocycles. The minimum atomic E-state index is -0.175. The number of hydrogen-bond acceptors (Lipinski definition) is 5. The van der Waals surface area contributed by atoms with Crippen molar-refractivity contribution in [3.05, 3.63) is 65.5 Å². The Bertz CT molecular complexity index is 757. The van der Waals surface area contributed by atoms with E-state index in [-0.39, 0.29) is 11.2 Å². The van der Waals surface area contributed by atoms with E-state index in [0.717, 1.165) is 50.6 Å². The molecule has 0 bridgehead atoms. The highest BCUT2D eigenvalue weighted by Crippen LogP contribution is 2.19. The van der Waals surface area contributed by atoms with Crippen LogP contribution in [-0.4, -0.2) is 56.2 Å². The van der Waals surface area contributed by atoms with Crippen LogP contribution in [0.4, 0.5) is 4.39 Å². The average molecular weight is 416 g/mol. The van der Waals surface area contributed by atoms with Crippen molar-refractivity contribution in [1.29, 1.82) is 0 Å². The normalized spacial score (nSPS) is 16.0. The molecule has 2 aromatic carbocycles. The monoisotopic (exact) mass is 415 g/mol. The zero-order valence-corrected chi connectivity index (χ0v) is 18.4. The molecule has 2 aromatic rings. The van der Waals surface area contributed by atoms with Crippen LogP contribution in [0.1, 0.15) is 25.0 Å². The summed E-state index contributed by atoms with van der Waals surface area (Å²) in [6.45, 7) is 11.8. The molecule has 0 saturated carbocycles. The molecule has 0 aromatic heterocycles. The molecule has 30 heavy (non-hydrogen) atoms. The lowest BCUT2D eigenvalue weighted by molar-refractivity contribution is -0.0280. The van der Waals surface area contributed by atoms with Gasteiger partial charge in [0.2, 0.25) is 0 Å². The molecular weight excluding hydrogens is 381 g/mol. The maximum absolute atomic E-state index is 13.1. The van der Waals surface area contributed by atoms with Crippen molar-refractivity contribution in [2.24, 2.45) is 5.41 Å². The Morgan fingerprint density at radius 2 is 1.50 bits per heavy atom. The van der Waals surface area contributed by atoms with Gasteiger partial charge in [-0.1, -0.05) is 38.1 Å². The lowest BCUT2D eigenvalue weighted by atomic mass is 9.94. The molecule has 1 fully saturated rings. The smallest absolute Gasteiger partial charge is 0.123 e. The highest BCUT2D eigenvalue weighted by atomic mass is 19.1. The van der Waals surface area contributed by atoms with E-state index < -0.39 is 0 Å². The van der Waals surface area contributed by atoms with Crippen molar-refractivity contribution in [2.75, 3.05) is 46.4 Å². The number of benzene rings is 2. The number of methoxy groups -OCH3 is 1. The minimum absolute atomic E-state index is 0.0615. The van der Waals surface area contributed by atoms with Gasteiger partial charge in [-0.05, 0) is 35.4 Å². The molecular formula is C24H34FN3O2. The van der Waals surface area contributed by atoms with Crippen LogP contribution in [-0.2, 0) is 17.9 Å². The number of rotatable bonds is 10. The number of ether oxygens (including phenoxy) is 1. The van der Waals surface area contributed by atoms with Crippen molar-refractivity contribution < 1.29 is 14.0 Å². The molecule has 1 N–H and O–H groups in total. The maximum atomic E-state index is 13.1. The van der Waals surface area contributed by atoms with Crippen LogP contribution in [0.15, 0.2) is 48.5 Å². The van der Waals surface area contributed by atoms with E-state index in [1.807, 2.05) is 36.4 Å². The summed E-state index contributed by atoms with van der Waals surface area (Å²) in [5, 5.41) is 0. The van der Waals surface area contributed by atoms with Crippen LogP contribution >= 0.6 is 0 Å². The lowest BCUT2D eigenvalue weighted by Crippen LogP contribution is -2.49. The fourth-order valence-electron chi connectivity index (χ4n) is 3.73. The van der Waals surface area contributed by atoms with E-state index in [1.54, 1.807) is 7.11 Å². The van der Waals surface area contributed by atoms with Crippen molar-refractivity contribution in [3.8, 4) is 5.75 Å². The first-order chi connectivity index (χ1) is 14.4. The molecule has 1 aliphatic heterocycles. The van der Waals surface area contributed by atoms with Crippen LogP contribution in [0.25, 0.3) is 0 Å². The first kappa shape index (κ1) is 22.7. The highest BCUT2D eigenvalue weighted by molar-refractivity contribution is 5.26. The van der Waals surface area contributed by atoms with E-state index >= 15 is 0 Å². The molecule has 164 valence electrons. The van der Waals surface area contributed by atoms with E-state index in [1.165, 1.54) is 17.7 Å². The van der Waals surface area contributed by atoms with Crippen molar-refractivity contribution in [1.82, 2.24) is 15.3 Å². The van der Waals surface area contributed by atoms with Crippen molar-refractivity contribution >= 4 is 0 Å². The van der Waals surface area contributed by atoms with E-state index in [9.17, 15) is 4.39 Å². The lowest BCUT2D eigenvalue weighted by Gasteiger charge is -2.38. The molecule has 0 unspecified atom stereocenters. The van der Waals surface area contributed by atoms with Gasteiger partial charge in [0.25, 0.3) is 0 Å². The first-order valence-electron chi connectivity index (χ1n) is 10.6. The van der Waals surface area contributed by atoms with Gasteiger partial charge in [-0.3, -0.25) is 4.90 Å². The second-order valence-electron chi connectivity index (χ2n) is 8.80. The van der Waals surface area contributed by atoms with E-state index in [0.29, 0.717) is 13.2 Å². The summed E-state index contributed by atoms with van der Waals surface area (Å²) in [5.74, 6) is 0.685. The fraction of sp³-hybridized carbons (Fsp3) is 0.500. The Labute approximate surface area is 179 Å². The average Bonchev–Trinajstić information content (AvgIpc) is 2.74. The quantitative estimate of drug-likeness (QED) is 0.473. The van der Waals surface area contributed by atoms with Gasteiger partial charge in [-0.25, -0.2) is 4.39 Å². The predicted molar refractivity (Wildman–Crippen MR) is 118 cm³/mol. The van der Waals surface area contributed by atoms with Crippen molar-refractivity contribution in [2.45, 2.75) is 26.9 Å². The topological polar surface area (TPSA) is 37.0 Å². The molecule has 0 amide bonds. The summed E-state index contributed by atoms with van der Waals surface area (Å²) in [4.78, 5) is 10.7.